The molecule has 0 amide bonds. The second-order valence-corrected chi connectivity index (χ2v) is 3.88. The summed E-state index contributed by atoms with van der Waals surface area (Å²) in [6, 6.07) is 4.12. The Morgan fingerprint density at radius 3 is 2.95 bits per heavy atom. The minimum absolute atomic E-state index is 0.0153. The predicted molar refractivity (Wildman–Crippen MR) is 66.4 cm³/mol. The summed E-state index contributed by atoms with van der Waals surface area (Å²) in [6.45, 7) is 1.62. The van der Waals surface area contributed by atoms with Gasteiger partial charge in [-0.05, 0) is 23.8 Å². The van der Waals surface area contributed by atoms with Gasteiger partial charge in [0, 0.05) is 13.0 Å². The number of aryl methyl sites for hydroxylation is 1. The van der Waals surface area contributed by atoms with E-state index in [1.165, 1.54) is 18.2 Å². The number of carboxylic acid groups (broad SMARTS) is 1. The maximum absolute atomic E-state index is 13.7. The largest absolute Gasteiger partial charge is 0.482 e. The van der Waals surface area contributed by atoms with Crippen molar-refractivity contribution in [3.63, 3.8) is 0 Å². The van der Waals surface area contributed by atoms with Crippen LogP contribution in [-0.2, 0) is 11.4 Å². The summed E-state index contributed by atoms with van der Waals surface area (Å²) < 4.78 is 23.7. The summed E-state index contributed by atoms with van der Waals surface area (Å²) in [4.78, 5) is 14.3. The number of nitrogens with zero attached hydrogens (tertiary/aromatic N) is 2. The summed E-state index contributed by atoms with van der Waals surface area (Å²) in [5, 5.41) is 12.1. The van der Waals surface area contributed by atoms with E-state index in [1.54, 1.807) is 13.0 Å². The van der Waals surface area contributed by atoms with Crippen molar-refractivity contribution < 1.29 is 23.6 Å². The summed E-state index contributed by atoms with van der Waals surface area (Å²) in [7, 11) is 0. The van der Waals surface area contributed by atoms with Crippen molar-refractivity contribution in [3.8, 4) is 5.75 Å². The Kier molecular flexibility index (Phi) is 4.09. The van der Waals surface area contributed by atoms with Gasteiger partial charge in [0.05, 0.1) is 0 Å². The van der Waals surface area contributed by atoms with E-state index in [4.69, 9.17) is 14.4 Å². The van der Waals surface area contributed by atoms with Crippen LogP contribution in [0.2, 0.25) is 0 Å². The van der Waals surface area contributed by atoms with Gasteiger partial charge in [-0.2, -0.15) is 4.98 Å². The van der Waals surface area contributed by atoms with Crippen molar-refractivity contribution in [2.45, 2.75) is 13.5 Å². The molecule has 0 radical (unpaired) electrons. The van der Waals surface area contributed by atoms with Crippen molar-refractivity contribution in [1.29, 1.82) is 0 Å². The molecule has 2 aromatic rings. The molecule has 1 heterocycles. The summed E-state index contributed by atoms with van der Waals surface area (Å²) >= 11 is 0. The van der Waals surface area contributed by atoms with Crippen LogP contribution < -0.4 is 4.74 Å². The van der Waals surface area contributed by atoms with Gasteiger partial charge in [-0.3, -0.25) is 0 Å². The number of halogens is 1. The SMILES string of the molecule is Cc1nc(COc2ccc(/C=C/C(=O)O)cc2F)no1. The van der Waals surface area contributed by atoms with Crippen LogP contribution in [0.15, 0.2) is 28.8 Å². The molecule has 0 aliphatic carbocycles. The highest BCUT2D eigenvalue weighted by Gasteiger charge is 2.07. The summed E-state index contributed by atoms with van der Waals surface area (Å²) in [5.41, 5.74) is 0.424. The van der Waals surface area contributed by atoms with Gasteiger partial charge >= 0.3 is 5.97 Å². The lowest BCUT2D eigenvalue weighted by atomic mass is 10.2. The van der Waals surface area contributed by atoms with Crippen LogP contribution in [0.25, 0.3) is 6.08 Å². The van der Waals surface area contributed by atoms with E-state index in [0.29, 0.717) is 17.3 Å². The zero-order valence-corrected chi connectivity index (χ0v) is 10.5. The molecule has 1 N–H and O–H groups in total. The van der Waals surface area contributed by atoms with Crippen molar-refractivity contribution in [1.82, 2.24) is 10.1 Å². The molecular formula is C13H11FN2O4. The second kappa shape index (κ2) is 5.96. The van der Waals surface area contributed by atoms with Crippen molar-refractivity contribution in [2.75, 3.05) is 0 Å². The third kappa shape index (κ3) is 3.64. The molecule has 0 fully saturated rings. The van der Waals surface area contributed by atoms with E-state index in [2.05, 4.69) is 10.1 Å². The number of benzene rings is 1. The molecule has 2 rings (SSSR count). The highest BCUT2D eigenvalue weighted by Crippen LogP contribution is 2.20. The standard InChI is InChI=1S/C13H11FN2O4/c1-8-15-12(16-20-8)7-19-11-4-2-9(6-10(11)14)3-5-13(17)18/h2-6H,7H2,1H3,(H,17,18)/b5-3+. The lowest BCUT2D eigenvalue weighted by Gasteiger charge is -2.05. The molecule has 20 heavy (non-hydrogen) atoms. The number of ether oxygens (including phenoxy) is 1. The van der Waals surface area contributed by atoms with E-state index < -0.39 is 11.8 Å². The van der Waals surface area contributed by atoms with Crippen LogP contribution in [0.4, 0.5) is 4.39 Å². The van der Waals surface area contributed by atoms with Gasteiger partial charge in [0.25, 0.3) is 0 Å². The number of carbonyl (C=O) groups is 1. The predicted octanol–water partition coefficient (Wildman–Crippen LogP) is 2.19. The van der Waals surface area contributed by atoms with E-state index in [-0.39, 0.29) is 12.4 Å². The Balaban J connectivity index is 2.04. The van der Waals surface area contributed by atoms with E-state index in [1.807, 2.05) is 0 Å². The van der Waals surface area contributed by atoms with Crippen LogP contribution in [0.1, 0.15) is 17.3 Å². The van der Waals surface area contributed by atoms with Gasteiger partial charge < -0.3 is 14.4 Å². The number of hydrogen-bond acceptors (Lipinski definition) is 5. The number of aliphatic carboxylic acids is 1. The Morgan fingerprint density at radius 1 is 1.55 bits per heavy atom. The summed E-state index contributed by atoms with van der Waals surface area (Å²) in [6.07, 6.45) is 2.22. The number of aromatic nitrogens is 2. The molecule has 0 unspecified atom stereocenters. The molecule has 104 valence electrons. The van der Waals surface area contributed by atoms with Gasteiger partial charge in [-0.1, -0.05) is 11.2 Å². The molecule has 7 heteroatoms. The fraction of sp³-hybridized carbons (Fsp3) is 0.154. The Hall–Kier alpha value is -2.70. The molecule has 1 aromatic heterocycles. The van der Waals surface area contributed by atoms with Crippen molar-refractivity contribution >= 4 is 12.0 Å². The number of rotatable bonds is 5. The molecule has 0 aliphatic rings. The Bertz CT molecular complexity index is 652. The van der Waals surface area contributed by atoms with Gasteiger partial charge in [-0.25, -0.2) is 9.18 Å². The first-order valence-electron chi connectivity index (χ1n) is 5.67. The minimum atomic E-state index is -1.10. The highest BCUT2D eigenvalue weighted by atomic mass is 19.1. The third-order valence-electron chi connectivity index (χ3n) is 2.30. The minimum Gasteiger partial charge on any atom is -0.482 e. The van der Waals surface area contributed by atoms with Crippen LogP contribution in [0.3, 0.4) is 0 Å². The Labute approximate surface area is 113 Å². The third-order valence-corrected chi connectivity index (χ3v) is 2.30. The highest BCUT2D eigenvalue weighted by molar-refractivity contribution is 5.85. The van der Waals surface area contributed by atoms with Gasteiger partial charge in [0.15, 0.2) is 18.2 Å². The fourth-order valence-corrected chi connectivity index (χ4v) is 1.45. The molecule has 0 spiro atoms. The number of hydrogen-bond donors (Lipinski definition) is 1. The first kappa shape index (κ1) is 13.7. The Morgan fingerprint density at radius 2 is 2.35 bits per heavy atom. The molecule has 0 bridgehead atoms. The topological polar surface area (TPSA) is 85.5 Å². The lowest BCUT2D eigenvalue weighted by molar-refractivity contribution is -0.131. The molecule has 0 saturated carbocycles. The van der Waals surface area contributed by atoms with Crippen molar-refractivity contribution in [2.24, 2.45) is 0 Å². The van der Waals surface area contributed by atoms with Gasteiger partial charge in [-0.15, -0.1) is 0 Å². The first-order chi connectivity index (χ1) is 9.54. The van der Waals surface area contributed by atoms with E-state index >= 15 is 0 Å². The monoisotopic (exact) mass is 278 g/mol. The molecular weight excluding hydrogens is 267 g/mol. The van der Waals surface area contributed by atoms with Gasteiger partial charge in [0.1, 0.15) is 0 Å². The maximum atomic E-state index is 13.7. The van der Waals surface area contributed by atoms with Crippen LogP contribution in [0.5, 0.6) is 5.75 Å². The molecule has 0 saturated heterocycles. The van der Waals surface area contributed by atoms with E-state index in [9.17, 15) is 9.18 Å². The zero-order chi connectivity index (χ0) is 14.5. The molecule has 0 atom stereocenters. The van der Waals surface area contributed by atoms with E-state index in [0.717, 1.165) is 6.08 Å². The lowest BCUT2D eigenvalue weighted by Crippen LogP contribution is -1.99. The first-order valence-corrected chi connectivity index (χ1v) is 5.67. The maximum Gasteiger partial charge on any atom is 0.328 e. The quantitative estimate of drug-likeness (QED) is 0.844. The zero-order valence-electron chi connectivity index (χ0n) is 10.5. The van der Waals surface area contributed by atoms with Crippen LogP contribution in [0, 0.1) is 12.7 Å². The van der Waals surface area contributed by atoms with Crippen molar-refractivity contribution in [3.05, 3.63) is 47.4 Å². The fourth-order valence-electron chi connectivity index (χ4n) is 1.45. The van der Waals surface area contributed by atoms with Crippen LogP contribution >= 0.6 is 0 Å². The normalized spacial score (nSPS) is 10.9. The smallest absolute Gasteiger partial charge is 0.328 e. The molecule has 1 aromatic carbocycles. The summed E-state index contributed by atoms with van der Waals surface area (Å²) in [5.74, 6) is -0.953. The van der Waals surface area contributed by atoms with Crippen LogP contribution in [-0.4, -0.2) is 21.2 Å². The molecule has 6 nitrogen and oxygen atoms in total. The molecule has 0 aliphatic heterocycles. The van der Waals surface area contributed by atoms with Gasteiger partial charge in [0.2, 0.25) is 11.7 Å². The number of carboxylic acids is 1. The average molecular weight is 278 g/mol. The second-order valence-electron chi connectivity index (χ2n) is 3.88. The average Bonchev–Trinajstić information content (AvgIpc) is 2.81.